The first-order valence-corrected chi connectivity index (χ1v) is 16.3. The number of nitrogens with zero attached hydrogens (tertiary/aromatic N) is 5. The van der Waals surface area contributed by atoms with E-state index in [2.05, 4.69) is 22.1 Å². The van der Waals surface area contributed by atoms with Gasteiger partial charge in [0.2, 0.25) is 5.13 Å². The molecule has 4 heterocycles. The standard InChI is InChI=1S/C33H30FN5O4S2/c1-4-5-16-43-23-13-8-12-21(17-23)27-25(28(40)26-20(3)38-15-9-10-19(2)30(38)35-26)29(41)31(42)39(27)32-36-37-33(45-32)44-18-22-11-6-7-14-24(22)34/h6-15,17,27,40H,4-5,16,18H2,1-3H3. The molecule has 0 radical (unpaired) electrons. The average molecular weight is 644 g/mol. The lowest BCUT2D eigenvalue weighted by Gasteiger charge is -2.23. The number of aliphatic hydroxyl groups excluding tert-OH is 1. The van der Waals surface area contributed by atoms with Crippen LogP contribution in [0, 0.1) is 19.7 Å². The van der Waals surface area contributed by atoms with Gasteiger partial charge in [0.05, 0.1) is 23.9 Å². The van der Waals surface area contributed by atoms with E-state index < -0.39 is 17.7 Å². The number of carbonyl (C=O) groups excluding carboxylic acids is 2. The van der Waals surface area contributed by atoms with Crippen LogP contribution in [0.5, 0.6) is 5.75 Å². The van der Waals surface area contributed by atoms with E-state index in [1.807, 2.05) is 35.7 Å². The Morgan fingerprint density at radius 1 is 1.09 bits per heavy atom. The highest BCUT2D eigenvalue weighted by Crippen LogP contribution is 2.45. The molecule has 12 heteroatoms. The van der Waals surface area contributed by atoms with Gasteiger partial charge in [-0.2, -0.15) is 0 Å². The molecule has 230 valence electrons. The molecular weight excluding hydrogens is 614 g/mol. The van der Waals surface area contributed by atoms with Crippen LogP contribution in [0.3, 0.4) is 0 Å². The van der Waals surface area contributed by atoms with E-state index in [-0.39, 0.29) is 28.0 Å². The molecule has 1 saturated heterocycles. The van der Waals surface area contributed by atoms with E-state index in [4.69, 9.17) is 4.74 Å². The lowest BCUT2D eigenvalue weighted by atomic mass is 9.96. The highest BCUT2D eigenvalue weighted by Gasteiger charge is 2.49. The van der Waals surface area contributed by atoms with Gasteiger partial charge in [0.1, 0.15) is 22.9 Å². The number of ketones is 1. The number of amides is 1. The van der Waals surface area contributed by atoms with E-state index in [1.54, 1.807) is 43.3 Å². The predicted octanol–water partition coefficient (Wildman–Crippen LogP) is 7.04. The van der Waals surface area contributed by atoms with Gasteiger partial charge in [0.25, 0.3) is 5.78 Å². The second-order valence-electron chi connectivity index (χ2n) is 10.6. The van der Waals surface area contributed by atoms with Crippen LogP contribution in [-0.4, -0.2) is 43.0 Å². The van der Waals surface area contributed by atoms with E-state index >= 15 is 0 Å². The first kappa shape index (κ1) is 30.5. The van der Waals surface area contributed by atoms with E-state index in [9.17, 15) is 19.1 Å². The lowest BCUT2D eigenvalue weighted by molar-refractivity contribution is -0.132. The third-order valence-corrected chi connectivity index (χ3v) is 9.71. The van der Waals surface area contributed by atoms with Crippen molar-refractivity contribution < 1.29 is 23.8 Å². The normalized spacial score (nSPS) is 16.2. The molecule has 1 atom stereocenters. The van der Waals surface area contributed by atoms with E-state index in [1.165, 1.54) is 22.7 Å². The summed E-state index contributed by atoms with van der Waals surface area (Å²) in [7, 11) is 0. The molecule has 9 nitrogen and oxygen atoms in total. The smallest absolute Gasteiger partial charge is 0.301 e. The molecule has 1 N–H and O–H groups in total. The quantitative estimate of drug-likeness (QED) is 0.0431. The van der Waals surface area contributed by atoms with Crippen molar-refractivity contribution in [1.29, 1.82) is 0 Å². The van der Waals surface area contributed by atoms with Gasteiger partial charge in [-0.05, 0) is 61.2 Å². The maximum Gasteiger partial charge on any atom is 0.301 e. The number of hydrogen-bond donors (Lipinski definition) is 1. The minimum atomic E-state index is -1.03. The highest BCUT2D eigenvalue weighted by atomic mass is 32.2. The summed E-state index contributed by atoms with van der Waals surface area (Å²) in [6, 6.07) is 16.4. The average Bonchev–Trinajstić information content (AvgIpc) is 3.72. The summed E-state index contributed by atoms with van der Waals surface area (Å²) in [4.78, 5) is 33.4. The van der Waals surface area contributed by atoms with Crippen molar-refractivity contribution in [3.63, 3.8) is 0 Å². The number of aliphatic hydroxyl groups is 1. The fourth-order valence-electron chi connectivity index (χ4n) is 5.24. The van der Waals surface area contributed by atoms with Crippen molar-refractivity contribution in [1.82, 2.24) is 19.6 Å². The topological polar surface area (TPSA) is 110 Å². The van der Waals surface area contributed by atoms with Gasteiger partial charge < -0.3 is 14.2 Å². The largest absolute Gasteiger partial charge is 0.505 e. The summed E-state index contributed by atoms with van der Waals surface area (Å²) in [6.07, 6.45) is 3.66. The number of aryl methyl sites for hydroxylation is 2. The van der Waals surface area contributed by atoms with Crippen molar-refractivity contribution >= 4 is 51.3 Å². The summed E-state index contributed by atoms with van der Waals surface area (Å²) < 4.78 is 22.5. The van der Waals surface area contributed by atoms with Crippen LogP contribution < -0.4 is 9.64 Å². The van der Waals surface area contributed by atoms with Gasteiger partial charge >= 0.3 is 5.91 Å². The summed E-state index contributed by atoms with van der Waals surface area (Å²) >= 11 is 2.39. The molecule has 1 fully saturated rings. The van der Waals surface area contributed by atoms with Crippen LogP contribution in [0.15, 0.2) is 76.8 Å². The van der Waals surface area contributed by atoms with Gasteiger partial charge in [0, 0.05) is 11.9 Å². The fourth-order valence-corrected chi connectivity index (χ4v) is 7.10. The Hall–Kier alpha value is -4.55. The Kier molecular flexibility index (Phi) is 8.68. The molecule has 1 aliphatic heterocycles. The predicted molar refractivity (Wildman–Crippen MR) is 172 cm³/mol. The number of ether oxygens (including phenoxy) is 1. The summed E-state index contributed by atoms with van der Waals surface area (Å²) in [5.41, 5.74) is 3.31. The molecule has 5 aromatic rings. The monoisotopic (exact) mass is 643 g/mol. The number of imidazole rings is 1. The zero-order chi connectivity index (χ0) is 31.7. The fraction of sp³-hybridized carbons (Fsp3) is 0.242. The number of pyridine rings is 1. The lowest BCUT2D eigenvalue weighted by Crippen LogP contribution is -2.29. The third kappa shape index (κ3) is 5.83. The number of rotatable bonds is 10. The van der Waals surface area contributed by atoms with E-state index in [0.717, 1.165) is 29.7 Å². The van der Waals surface area contributed by atoms with Crippen LogP contribution in [0.1, 0.15) is 53.9 Å². The number of hydrogen-bond acceptors (Lipinski definition) is 9. The Balaban J connectivity index is 1.44. The Morgan fingerprint density at radius 3 is 2.69 bits per heavy atom. The van der Waals surface area contributed by atoms with Crippen molar-refractivity contribution in [2.24, 2.45) is 0 Å². The molecule has 1 unspecified atom stereocenters. The molecule has 1 aliphatic rings. The van der Waals surface area contributed by atoms with Crippen LogP contribution >= 0.6 is 23.1 Å². The molecule has 3 aromatic heterocycles. The van der Waals surface area contributed by atoms with Crippen molar-refractivity contribution in [2.75, 3.05) is 11.5 Å². The molecule has 0 bridgehead atoms. The van der Waals surface area contributed by atoms with Gasteiger partial charge in [-0.15, -0.1) is 10.2 Å². The van der Waals surface area contributed by atoms with Gasteiger partial charge in [-0.1, -0.05) is 72.8 Å². The second kappa shape index (κ2) is 12.8. The second-order valence-corrected chi connectivity index (χ2v) is 12.8. The SMILES string of the molecule is CCCCOc1cccc(C2C(=C(O)c3nc4c(C)cccn4c3C)C(=O)C(=O)N2c2nnc(SCc3ccccc3F)s2)c1. The van der Waals surface area contributed by atoms with Crippen LogP contribution in [0.25, 0.3) is 11.4 Å². The number of anilines is 1. The first-order valence-electron chi connectivity index (χ1n) is 14.5. The first-order chi connectivity index (χ1) is 21.8. The maximum atomic E-state index is 14.2. The Morgan fingerprint density at radius 2 is 1.91 bits per heavy atom. The number of carbonyl (C=O) groups is 2. The number of Topliss-reactive ketones (excluding diaryl/α,β-unsaturated/α-hetero) is 1. The number of halogens is 1. The van der Waals surface area contributed by atoms with E-state index in [0.29, 0.717) is 44.9 Å². The highest BCUT2D eigenvalue weighted by molar-refractivity contribution is 8.00. The minimum absolute atomic E-state index is 0.106. The summed E-state index contributed by atoms with van der Waals surface area (Å²) in [6.45, 7) is 6.29. The number of fused-ring (bicyclic) bond motifs is 1. The molecule has 0 spiro atoms. The molecule has 0 aliphatic carbocycles. The van der Waals surface area contributed by atoms with Crippen molar-refractivity contribution in [3.05, 3.63) is 106 Å². The number of unbranched alkanes of at least 4 members (excludes halogenated alkanes) is 1. The number of thioether (sulfide) groups is 1. The van der Waals surface area contributed by atoms with Crippen LogP contribution in [0.4, 0.5) is 9.52 Å². The maximum absolute atomic E-state index is 14.2. The molecule has 1 amide bonds. The molecule has 2 aromatic carbocycles. The van der Waals surface area contributed by atoms with Gasteiger partial charge in [-0.3, -0.25) is 14.5 Å². The minimum Gasteiger partial charge on any atom is -0.505 e. The van der Waals surface area contributed by atoms with Crippen molar-refractivity contribution in [3.8, 4) is 5.75 Å². The molecule has 45 heavy (non-hydrogen) atoms. The molecular formula is C33H30FN5O4S2. The van der Waals surface area contributed by atoms with Gasteiger partial charge in [-0.25, -0.2) is 9.37 Å². The number of aromatic nitrogens is 4. The summed E-state index contributed by atoms with van der Waals surface area (Å²) in [5, 5.41) is 20.4. The van der Waals surface area contributed by atoms with Crippen LogP contribution in [-0.2, 0) is 15.3 Å². The number of benzene rings is 2. The Labute approximate surface area is 267 Å². The molecule has 6 rings (SSSR count). The Bertz CT molecular complexity index is 1950. The zero-order valence-electron chi connectivity index (χ0n) is 24.9. The van der Waals surface area contributed by atoms with Gasteiger partial charge in [0.15, 0.2) is 10.1 Å². The zero-order valence-corrected chi connectivity index (χ0v) is 26.5. The summed E-state index contributed by atoms with van der Waals surface area (Å²) in [5.74, 6) is -1.52. The third-order valence-electron chi connectivity index (χ3n) is 7.60. The molecule has 0 saturated carbocycles. The van der Waals surface area contributed by atoms with Crippen molar-refractivity contribution in [2.45, 2.75) is 49.7 Å². The van der Waals surface area contributed by atoms with Crippen LogP contribution in [0.2, 0.25) is 0 Å².